The van der Waals surface area contributed by atoms with Crippen LogP contribution in [0.4, 0.5) is 0 Å². The molecule has 2 heterocycles. The summed E-state index contributed by atoms with van der Waals surface area (Å²) in [4.78, 5) is 18.8. The van der Waals surface area contributed by atoms with E-state index < -0.39 is 11.1 Å². The fourth-order valence-corrected chi connectivity index (χ4v) is 3.50. The smallest absolute Gasteiger partial charge is 0.194 e. The SMILES string of the molecule is CC1(C)N=C(C2=NC(C)(C)C(c3ccccc3O)=N2)N=C1c1ccccc1O.[Pt]. The molecule has 0 saturated carbocycles. The summed E-state index contributed by atoms with van der Waals surface area (Å²) < 4.78 is 0. The van der Waals surface area contributed by atoms with Crippen molar-refractivity contribution in [3.8, 4) is 11.5 Å². The molecule has 0 spiro atoms. The van der Waals surface area contributed by atoms with Crippen molar-refractivity contribution >= 4 is 23.1 Å². The minimum atomic E-state index is -0.617. The molecule has 2 aliphatic rings. The van der Waals surface area contributed by atoms with E-state index in [0.717, 1.165) is 0 Å². The van der Waals surface area contributed by atoms with Crippen LogP contribution in [-0.2, 0) is 21.1 Å². The van der Waals surface area contributed by atoms with Crippen molar-refractivity contribution in [3.63, 3.8) is 0 Å². The van der Waals surface area contributed by atoms with Gasteiger partial charge >= 0.3 is 0 Å². The van der Waals surface area contributed by atoms with Crippen molar-refractivity contribution in [1.29, 1.82) is 0 Å². The summed E-state index contributed by atoms with van der Waals surface area (Å²) in [5.74, 6) is 1.19. The average molecular weight is 570 g/mol. The van der Waals surface area contributed by atoms with Crippen LogP contribution in [0.1, 0.15) is 38.8 Å². The van der Waals surface area contributed by atoms with Crippen LogP contribution in [0.5, 0.6) is 11.5 Å². The van der Waals surface area contributed by atoms with Crippen LogP contribution in [0.25, 0.3) is 0 Å². The normalized spacial score (nSPS) is 19.0. The number of hydrogen-bond acceptors (Lipinski definition) is 6. The van der Waals surface area contributed by atoms with E-state index in [0.29, 0.717) is 34.2 Å². The summed E-state index contributed by atoms with van der Waals surface area (Å²) in [6.07, 6.45) is 0. The van der Waals surface area contributed by atoms with E-state index >= 15 is 0 Å². The van der Waals surface area contributed by atoms with Crippen LogP contribution in [-0.4, -0.2) is 44.4 Å². The Morgan fingerprint density at radius 3 is 1.31 bits per heavy atom. The summed E-state index contributed by atoms with van der Waals surface area (Å²) in [5.41, 5.74) is 1.41. The molecule has 0 unspecified atom stereocenters. The summed E-state index contributed by atoms with van der Waals surface area (Å²) in [6, 6.07) is 14.2. The molecule has 7 heteroatoms. The number of amidine groups is 2. The topological polar surface area (TPSA) is 89.9 Å². The average Bonchev–Trinajstić information content (AvgIpc) is 3.11. The van der Waals surface area contributed by atoms with Crippen molar-refractivity contribution in [2.24, 2.45) is 20.0 Å². The molecule has 4 rings (SSSR count). The van der Waals surface area contributed by atoms with Crippen molar-refractivity contribution in [1.82, 2.24) is 0 Å². The molecule has 2 aromatic carbocycles. The molecule has 0 aromatic heterocycles. The quantitative estimate of drug-likeness (QED) is 0.590. The predicted octanol–water partition coefficient (Wildman–Crippen LogP) is 3.76. The van der Waals surface area contributed by atoms with Gasteiger partial charge in [-0.2, -0.15) is 0 Å². The van der Waals surface area contributed by atoms with Gasteiger partial charge in [0.05, 0.1) is 11.4 Å². The molecular weight excluding hydrogens is 547 g/mol. The van der Waals surface area contributed by atoms with Gasteiger partial charge in [-0.3, -0.25) is 9.98 Å². The molecule has 0 atom stereocenters. The molecule has 2 aliphatic heterocycles. The third kappa shape index (κ3) is 3.69. The third-order valence-electron chi connectivity index (χ3n) is 4.88. The summed E-state index contributed by atoms with van der Waals surface area (Å²) >= 11 is 0. The van der Waals surface area contributed by atoms with E-state index in [-0.39, 0.29) is 32.6 Å². The van der Waals surface area contributed by atoms with E-state index in [1.54, 1.807) is 24.3 Å². The van der Waals surface area contributed by atoms with Gasteiger partial charge in [0.15, 0.2) is 11.7 Å². The Kier molecular flexibility index (Phi) is 5.35. The summed E-state index contributed by atoms with van der Waals surface area (Å²) in [5, 5.41) is 20.5. The maximum absolute atomic E-state index is 10.2. The number of phenols is 2. The zero-order chi connectivity index (χ0) is 20.1. The molecule has 2 aromatic rings. The van der Waals surface area contributed by atoms with Crippen LogP contribution in [0.15, 0.2) is 68.5 Å². The van der Waals surface area contributed by atoms with Crippen molar-refractivity contribution in [3.05, 3.63) is 59.7 Å². The van der Waals surface area contributed by atoms with Gasteiger partial charge in [0.2, 0.25) is 0 Å². The predicted molar refractivity (Wildman–Crippen MR) is 112 cm³/mol. The number of aliphatic imine (C=N–C) groups is 4. The molecule has 0 fully saturated rings. The van der Waals surface area contributed by atoms with E-state index in [9.17, 15) is 10.2 Å². The van der Waals surface area contributed by atoms with Crippen molar-refractivity contribution < 1.29 is 31.3 Å². The second kappa shape index (κ2) is 7.34. The molecule has 0 aliphatic carbocycles. The van der Waals surface area contributed by atoms with Crippen LogP contribution >= 0.6 is 0 Å². The molecule has 6 nitrogen and oxygen atoms in total. The van der Waals surface area contributed by atoms with Gasteiger partial charge in [0.25, 0.3) is 0 Å². The number of aromatic hydroxyl groups is 2. The molecular formula is C22H22N4O2Pt. The standard InChI is InChI=1S/C22H22N4O2.Pt/c1-21(2)17(13-9-5-7-11-15(13)27)23-19(25-21)20-24-18(22(3,4)26-20)14-10-6-8-12-16(14)28;/h5-12,27-28H,1-4H3;. The Morgan fingerprint density at radius 2 is 0.966 bits per heavy atom. The van der Waals surface area contributed by atoms with Crippen LogP contribution in [0, 0.1) is 0 Å². The first-order valence-corrected chi connectivity index (χ1v) is 9.14. The van der Waals surface area contributed by atoms with Crippen LogP contribution < -0.4 is 0 Å². The number of rotatable bonds is 3. The molecule has 0 saturated heterocycles. The van der Waals surface area contributed by atoms with Crippen LogP contribution in [0.2, 0.25) is 0 Å². The van der Waals surface area contributed by atoms with Gasteiger partial charge in [0, 0.05) is 32.2 Å². The first kappa shape index (κ1) is 21.1. The Morgan fingerprint density at radius 1 is 0.621 bits per heavy atom. The molecule has 0 bridgehead atoms. The molecule has 29 heavy (non-hydrogen) atoms. The zero-order valence-electron chi connectivity index (χ0n) is 16.6. The zero-order valence-corrected chi connectivity index (χ0v) is 18.9. The van der Waals surface area contributed by atoms with Gasteiger partial charge in [-0.1, -0.05) is 24.3 Å². The van der Waals surface area contributed by atoms with E-state index in [2.05, 4.69) is 9.98 Å². The number of phenolic OH excluding ortho intramolecular Hbond substituents is 2. The van der Waals surface area contributed by atoms with Crippen molar-refractivity contribution in [2.75, 3.05) is 0 Å². The van der Waals surface area contributed by atoms with Gasteiger partial charge in [0.1, 0.15) is 22.6 Å². The maximum Gasteiger partial charge on any atom is 0.194 e. The van der Waals surface area contributed by atoms with Gasteiger partial charge in [-0.25, -0.2) is 9.98 Å². The van der Waals surface area contributed by atoms with E-state index in [1.165, 1.54) is 0 Å². The van der Waals surface area contributed by atoms with E-state index in [4.69, 9.17) is 9.98 Å². The summed E-state index contributed by atoms with van der Waals surface area (Å²) in [7, 11) is 0. The van der Waals surface area contributed by atoms with E-state index in [1.807, 2.05) is 52.0 Å². The molecule has 0 amide bonds. The minimum Gasteiger partial charge on any atom is -0.507 e. The molecule has 0 radical (unpaired) electrons. The first-order valence-electron chi connectivity index (χ1n) is 9.14. The van der Waals surface area contributed by atoms with Crippen molar-refractivity contribution in [2.45, 2.75) is 38.8 Å². The van der Waals surface area contributed by atoms with Gasteiger partial charge in [-0.15, -0.1) is 0 Å². The largest absolute Gasteiger partial charge is 0.507 e. The number of hydrogen-bond donors (Lipinski definition) is 2. The fourth-order valence-electron chi connectivity index (χ4n) is 3.50. The first-order chi connectivity index (χ1) is 13.2. The Hall–Kier alpha value is -2.59. The molecule has 2 N–H and O–H groups in total. The fraction of sp³-hybridized carbons (Fsp3) is 0.273. The second-order valence-electron chi connectivity index (χ2n) is 7.94. The number of para-hydroxylation sites is 2. The molecule has 152 valence electrons. The second-order valence-corrected chi connectivity index (χ2v) is 7.94. The third-order valence-corrected chi connectivity index (χ3v) is 4.88. The Balaban J connectivity index is 0.00000240. The Labute approximate surface area is 184 Å². The number of nitrogens with zero attached hydrogens (tertiary/aromatic N) is 4. The maximum atomic E-state index is 10.2. The van der Waals surface area contributed by atoms with Crippen LogP contribution in [0.3, 0.4) is 0 Å². The summed E-state index contributed by atoms with van der Waals surface area (Å²) in [6.45, 7) is 7.78. The minimum absolute atomic E-state index is 0. The van der Waals surface area contributed by atoms with Gasteiger partial charge in [-0.05, 0) is 52.0 Å². The van der Waals surface area contributed by atoms with Gasteiger partial charge < -0.3 is 10.2 Å². The monoisotopic (exact) mass is 569 g/mol. The Bertz CT molecular complexity index is 1010. The number of benzene rings is 2.